The van der Waals surface area contributed by atoms with Crippen LogP contribution >= 0.6 is 0 Å². The van der Waals surface area contributed by atoms with Crippen LogP contribution in [-0.2, 0) is 9.47 Å². The highest BCUT2D eigenvalue weighted by Gasteiger charge is 2.29. The molecule has 0 spiro atoms. The first kappa shape index (κ1) is 14.9. The molecule has 0 aliphatic carbocycles. The number of hydrogen-bond acceptors (Lipinski definition) is 5. The molecule has 1 heterocycles. The molecule has 0 aromatic heterocycles. The van der Waals surface area contributed by atoms with Crippen LogP contribution in [0.1, 0.15) is 13.8 Å². The third-order valence-electron chi connectivity index (χ3n) is 3.07. The maximum absolute atomic E-state index is 9.89. The van der Waals surface area contributed by atoms with E-state index < -0.39 is 0 Å². The summed E-state index contributed by atoms with van der Waals surface area (Å²) in [4.78, 5) is 2.26. The molecule has 2 unspecified atom stereocenters. The van der Waals surface area contributed by atoms with Crippen molar-refractivity contribution in [3.8, 4) is 0 Å². The Bertz CT molecular complexity index is 183. The average molecular weight is 246 g/mol. The molecule has 17 heavy (non-hydrogen) atoms. The molecule has 0 saturated carbocycles. The van der Waals surface area contributed by atoms with Gasteiger partial charge in [0.25, 0.3) is 0 Å². The van der Waals surface area contributed by atoms with Gasteiger partial charge in [0.15, 0.2) is 0 Å². The molecule has 0 bridgehead atoms. The number of aliphatic hydroxyl groups is 1. The van der Waals surface area contributed by atoms with Crippen LogP contribution < -0.4 is 5.32 Å². The number of β-amino-alcohol motifs (C(OH)–C–C–N with tert-alkyl or cyclic N) is 1. The lowest BCUT2D eigenvalue weighted by atomic mass is 10.2. The Labute approximate surface area is 104 Å². The first-order chi connectivity index (χ1) is 8.29. The molecule has 1 aliphatic heterocycles. The standard InChI is InChI=1S/C12H26N2O3/c1-3-16-7-5-14(6-8-17-4-2)11-9-13-10-12(11)15/h11-13,15H,3-10H2,1-2H3. The van der Waals surface area contributed by atoms with Gasteiger partial charge in [-0.15, -0.1) is 0 Å². The first-order valence-electron chi connectivity index (χ1n) is 6.57. The van der Waals surface area contributed by atoms with E-state index in [2.05, 4.69) is 10.2 Å². The third kappa shape index (κ3) is 5.31. The normalized spacial score (nSPS) is 24.7. The maximum atomic E-state index is 9.89. The second-order valence-electron chi connectivity index (χ2n) is 4.22. The maximum Gasteiger partial charge on any atom is 0.0831 e. The topological polar surface area (TPSA) is 54.0 Å². The molecule has 2 N–H and O–H groups in total. The van der Waals surface area contributed by atoms with Crippen molar-refractivity contribution >= 4 is 0 Å². The lowest BCUT2D eigenvalue weighted by molar-refractivity contribution is 0.0317. The molecule has 0 aromatic rings. The Hall–Kier alpha value is -0.200. The predicted molar refractivity (Wildman–Crippen MR) is 67.2 cm³/mol. The second kappa shape index (κ2) is 8.83. The van der Waals surface area contributed by atoms with E-state index in [9.17, 15) is 5.11 Å². The summed E-state index contributed by atoms with van der Waals surface area (Å²) in [7, 11) is 0. The molecule has 2 atom stereocenters. The van der Waals surface area contributed by atoms with Crippen molar-refractivity contribution in [1.82, 2.24) is 10.2 Å². The number of rotatable bonds is 9. The molecule has 1 aliphatic rings. The molecular formula is C12H26N2O3. The van der Waals surface area contributed by atoms with Crippen molar-refractivity contribution in [2.45, 2.75) is 26.0 Å². The van der Waals surface area contributed by atoms with Crippen molar-refractivity contribution < 1.29 is 14.6 Å². The molecule has 5 nitrogen and oxygen atoms in total. The quantitative estimate of drug-likeness (QED) is 0.547. The lowest BCUT2D eigenvalue weighted by Gasteiger charge is -2.30. The minimum atomic E-state index is -0.279. The second-order valence-corrected chi connectivity index (χ2v) is 4.22. The summed E-state index contributed by atoms with van der Waals surface area (Å²) in [6.07, 6.45) is -0.279. The fraction of sp³-hybridized carbons (Fsp3) is 1.00. The number of nitrogens with one attached hydrogen (secondary N) is 1. The Kier molecular flexibility index (Phi) is 7.72. The molecule has 1 saturated heterocycles. The number of nitrogens with zero attached hydrogens (tertiary/aromatic N) is 1. The van der Waals surface area contributed by atoms with Gasteiger partial charge in [-0.25, -0.2) is 0 Å². The zero-order chi connectivity index (χ0) is 12.5. The third-order valence-corrected chi connectivity index (χ3v) is 3.07. The molecule has 102 valence electrons. The van der Waals surface area contributed by atoms with E-state index in [1.54, 1.807) is 0 Å². The monoisotopic (exact) mass is 246 g/mol. The van der Waals surface area contributed by atoms with E-state index in [0.717, 1.165) is 32.8 Å². The molecule has 0 radical (unpaired) electrons. The van der Waals surface area contributed by atoms with Crippen molar-refractivity contribution in [3.63, 3.8) is 0 Å². The minimum absolute atomic E-state index is 0.191. The van der Waals surface area contributed by atoms with Crippen LogP contribution in [0.4, 0.5) is 0 Å². The minimum Gasteiger partial charge on any atom is -0.390 e. The van der Waals surface area contributed by atoms with Gasteiger partial charge in [-0.1, -0.05) is 0 Å². The van der Waals surface area contributed by atoms with Crippen LogP contribution in [0.3, 0.4) is 0 Å². The van der Waals surface area contributed by atoms with Gasteiger partial charge in [0, 0.05) is 45.4 Å². The SMILES string of the molecule is CCOCCN(CCOCC)C1CNCC1O. The van der Waals surface area contributed by atoms with Crippen molar-refractivity contribution in [2.75, 3.05) is 52.6 Å². The van der Waals surface area contributed by atoms with E-state index in [-0.39, 0.29) is 12.1 Å². The van der Waals surface area contributed by atoms with E-state index in [1.165, 1.54) is 0 Å². The summed E-state index contributed by atoms with van der Waals surface area (Å²) in [5.41, 5.74) is 0. The highest BCUT2D eigenvalue weighted by Crippen LogP contribution is 2.09. The summed E-state index contributed by atoms with van der Waals surface area (Å²) in [6.45, 7) is 10.1. The van der Waals surface area contributed by atoms with Crippen molar-refractivity contribution in [1.29, 1.82) is 0 Å². The molecule has 0 aromatic carbocycles. The van der Waals surface area contributed by atoms with E-state index in [1.807, 2.05) is 13.8 Å². The zero-order valence-corrected chi connectivity index (χ0v) is 11.0. The highest BCUT2D eigenvalue weighted by molar-refractivity contribution is 4.88. The molecule has 1 fully saturated rings. The number of hydrogen-bond donors (Lipinski definition) is 2. The Balaban J connectivity index is 2.34. The van der Waals surface area contributed by atoms with Crippen molar-refractivity contribution in [2.24, 2.45) is 0 Å². The Morgan fingerprint density at radius 1 is 1.12 bits per heavy atom. The van der Waals surface area contributed by atoms with Crippen molar-refractivity contribution in [3.05, 3.63) is 0 Å². The van der Waals surface area contributed by atoms with Gasteiger partial charge in [-0.3, -0.25) is 4.90 Å². The molecular weight excluding hydrogens is 220 g/mol. The summed E-state index contributed by atoms with van der Waals surface area (Å²) < 4.78 is 10.8. The first-order valence-corrected chi connectivity index (χ1v) is 6.57. The van der Waals surface area contributed by atoms with E-state index in [0.29, 0.717) is 19.8 Å². The fourth-order valence-corrected chi connectivity index (χ4v) is 2.12. The van der Waals surface area contributed by atoms with Crippen LogP contribution in [-0.4, -0.2) is 74.8 Å². The number of ether oxygens (including phenoxy) is 2. The van der Waals surface area contributed by atoms with Crippen LogP contribution in [0.15, 0.2) is 0 Å². The molecule has 0 amide bonds. The summed E-state index contributed by atoms with van der Waals surface area (Å²) in [6, 6.07) is 0.191. The lowest BCUT2D eigenvalue weighted by Crippen LogP contribution is -2.46. The van der Waals surface area contributed by atoms with Gasteiger partial charge < -0.3 is 19.9 Å². The number of aliphatic hydroxyl groups excluding tert-OH is 1. The summed E-state index contributed by atoms with van der Waals surface area (Å²) >= 11 is 0. The van der Waals surface area contributed by atoms with E-state index >= 15 is 0 Å². The largest absolute Gasteiger partial charge is 0.390 e. The van der Waals surface area contributed by atoms with Gasteiger partial charge >= 0.3 is 0 Å². The van der Waals surface area contributed by atoms with Gasteiger partial charge in [0.1, 0.15) is 0 Å². The Morgan fingerprint density at radius 2 is 1.71 bits per heavy atom. The van der Waals surface area contributed by atoms with Gasteiger partial charge in [-0.2, -0.15) is 0 Å². The Morgan fingerprint density at radius 3 is 2.12 bits per heavy atom. The highest BCUT2D eigenvalue weighted by atomic mass is 16.5. The zero-order valence-electron chi connectivity index (χ0n) is 11.0. The molecule has 5 heteroatoms. The van der Waals surface area contributed by atoms with Gasteiger partial charge in [0.05, 0.1) is 19.3 Å². The smallest absolute Gasteiger partial charge is 0.0831 e. The fourth-order valence-electron chi connectivity index (χ4n) is 2.12. The predicted octanol–water partition coefficient (Wildman–Crippen LogP) is -0.306. The van der Waals surface area contributed by atoms with Crippen LogP contribution in [0, 0.1) is 0 Å². The average Bonchev–Trinajstić information content (AvgIpc) is 2.74. The summed E-state index contributed by atoms with van der Waals surface area (Å²) in [5, 5.41) is 13.1. The van der Waals surface area contributed by atoms with Gasteiger partial charge in [-0.05, 0) is 13.8 Å². The van der Waals surface area contributed by atoms with Crippen LogP contribution in [0.2, 0.25) is 0 Å². The molecule has 1 rings (SSSR count). The van der Waals surface area contributed by atoms with Gasteiger partial charge in [0.2, 0.25) is 0 Å². The van der Waals surface area contributed by atoms with E-state index in [4.69, 9.17) is 9.47 Å². The van der Waals surface area contributed by atoms with Crippen LogP contribution in [0.5, 0.6) is 0 Å². The van der Waals surface area contributed by atoms with Crippen LogP contribution in [0.25, 0.3) is 0 Å². The summed E-state index contributed by atoms with van der Waals surface area (Å²) in [5.74, 6) is 0.